The molecule has 0 amide bonds. The zero-order valence-corrected chi connectivity index (χ0v) is 12.2. The largest absolute Gasteiger partial charge is 0.361 e. The fraction of sp³-hybridized carbons (Fsp3) is 0.714. The van der Waals surface area contributed by atoms with Gasteiger partial charge in [-0.15, -0.1) is 12.1 Å². The summed E-state index contributed by atoms with van der Waals surface area (Å²) in [6.07, 6.45) is 3.50. The van der Waals surface area contributed by atoms with Crippen molar-refractivity contribution in [2.75, 3.05) is 0 Å². The molecule has 0 N–H and O–H groups in total. The summed E-state index contributed by atoms with van der Waals surface area (Å²) >= 11 is 0. The van der Waals surface area contributed by atoms with Crippen molar-refractivity contribution < 1.29 is 4.74 Å². The molecule has 0 aliphatic carbocycles. The highest BCUT2D eigenvalue weighted by Gasteiger charge is 2.33. The summed E-state index contributed by atoms with van der Waals surface area (Å²) in [6, 6.07) is 0. The second-order valence-corrected chi connectivity index (χ2v) is 10.7. The van der Waals surface area contributed by atoms with Crippen LogP contribution in [0.15, 0.2) is 12.7 Å². The van der Waals surface area contributed by atoms with Crippen LogP contribution in [-0.4, -0.2) is 20.3 Å². The van der Waals surface area contributed by atoms with Gasteiger partial charge in [-0.05, 0) is 12.3 Å². The lowest BCUT2D eigenvalue weighted by Crippen LogP contribution is -2.22. The third-order valence-corrected chi connectivity index (χ3v) is 3.86. The van der Waals surface area contributed by atoms with Gasteiger partial charge >= 0.3 is 0 Å². The van der Waals surface area contributed by atoms with Crippen LogP contribution in [0.4, 0.5) is 0 Å². The van der Waals surface area contributed by atoms with Crippen LogP contribution in [-0.2, 0) is 4.74 Å². The Morgan fingerprint density at radius 3 is 2.56 bits per heavy atom. The number of ether oxygens (including phenoxy) is 1. The maximum atomic E-state index is 6.00. The molecule has 0 aromatic rings. The molecule has 90 valence electrons. The lowest BCUT2D eigenvalue weighted by atomic mass is 9.93. The van der Waals surface area contributed by atoms with Crippen LogP contribution in [0, 0.1) is 23.3 Å². The Balaban J connectivity index is 2.62. The molecule has 1 heterocycles. The summed E-state index contributed by atoms with van der Waals surface area (Å²) < 4.78 is 6.00. The van der Waals surface area contributed by atoms with Gasteiger partial charge in [-0.25, -0.2) is 0 Å². The average Bonchev–Trinajstić information content (AvgIpc) is 2.55. The molecule has 0 aromatic heterocycles. The Morgan fingerprint density at radius 1 is 1.44 bits per heavy atom. The third kappa shape index (κ3) is 3.81. The minimum atomic E-state index is -1.27. The number of rotatable bonds is 2. The minimum absolute atomic E-state index is 0.147. The third-order valence-electron chi connectivity index (χ3n) is 2.97. The summed E-state index contributed by atoms with van der Waals surface area (Å²) in [5, 5.41) is 0. The average molecular weight is 236 g/mol. The first-order valence-corrected chi connectivity index (χ1v) is 9.64. The van der Waals surface area contributed by atoms with Crippen molar-refractivity contribution in [2.45, 2.75) is 52.1 Å². The highest BCUT2D eigenvalue weighted by molar-refractivity contribution is 6.83. The van der Waals surface area contributed by atoms with E-state index in [2.05, 4.69) is 51.5 Å². The standard InChI is InChI=1S/C14H24OSi/c1-7-11(2)14-12(3)10-13(15-14)8-9-16(4,5)6/h7,11-14H,1,10H2,2-6H3/t11-,12-,13-,14-/m0/s1. The van der Waals surface area contributed by atoms with E-state index in [1.807, 2.05) is 6.08 Å². The summed E-state index contributed by atoms with van der Waals surface area (Å²) in [5.74, 6) is 4.33. The maximum Gasteiger partial charge on any atom is 0.129 e. The van der Waals surface area contributed by atoms with Crippen LogP contribution in [0.5, 0.6) is 0 Å². The molecular weight excluding hydrogens is 212 g/mol. The summed E-state index contributed by atoms with van der Waals surface area (Å²) in [6.45, 7) is 15.1. The Morgan fingerprint density at radius 2 is 2.06 bits per heavy atom. The lowest BCUT2D eigenvalue weighted by molar-refractivity contribution is 0.0402. The van der Waals surface area contributed by atoms with Crippen molar-refractivity contribution in [1.82, 2.24) is 0 Å². The molecule has 0 saturated carbocycles. The highest BCUT2D eigenvalue weighted by atomic mass is 28.3. The molecule has 0 spiro atoms. The van der Waals surface area contributed by atoms with E-state index in [-0.39, 0.29) is 6.10 Å². The van der Waals surface area contributed by atoms with Crippen LogP contribution >= 0.6 is 0 Å². The molecular formula is C14H24OSi. The second-order valence-electron chi connectivity index (χ2n) is 5.92. The summed E-state index contributed by atoms with van der Waals surface area (Å²) in [4.78, 5) is 0. The lowest BCUT2D eigenvalue weighted by Gasteiger charge is -2.19. The van der Waals surface area contributed by atoms with Gasteiger partial charge in [-0.1, -0.05) is 45.5 Å². The molecule has 1 nitrogen and oxygen atoms in total. The van der Waals surface area contributed by atoms with E-state index in [0.29, 0.717) is 17.9 Å². The van der Waals surface area contributed by atoms with Gasteiger partial charge < -0.3 is 4.74 Å². The molecule has 1 rings (SSSR count). The smallest absolute Gasteiger partial charge is 0.129 e. The molecule has 0 radical (unpaired) electrons. The van der Waals surface area contributed by atoms with Gasteiger partial charge in [-0.2, -0.15) is 0 Å². The van der Waals surface area contributed by atoms with Gasteiger partial charge in [0, 0.05) is 5.92 Å². The first-order valence-electron chi connectivity index (χ1n) is 6.14. The van der Waals surface area contributed by atoms with E-state index in [0.717, 1.165) is 6.42 Å². The Bertz CT molecular complexity index is 305. The molecule has 1 fully saturated rings. The van der Waals surface area contributed by atoms with Crippen molar-refractivity contribution in [3.05, 3.63) is 12.7 Å². The van der Waals surface area contributed by atoms with Gasteiger partial charge in [0.05, 0.1) is 6.10 Å². The summed E-state index contributed by atoms with van der Waals surface area (Å²) in [7, 11) is -1.27. The van der Waals surface area contributed by atoms with Gasteiger partial charge in [0.2, 0.25) is 0 Å². The number of hydrogen-bond donors (Lipinski definition) is 0. The fourth-order valence-corrected chi connectivity index (χ4v) is 2.61. The van der Waals surface area contributed by atoms with Crippen molar-refractivity contribution in [1.29, 1.82) is 0 Å². The number of hydrogen-bond acceptors (Lipinski definition) is 1. The minimum Gasteiger partial charge on any atom is -0.361 e. The van der Waals surface area contributed by atoms with Crippen LogP contribution in [0.25, 0.3) is 0 Å². The summed E-state index contributed by atoms with van der Waals surface area (Å²) in [5.41, 5.74) is 3.40. The van der Waals surface area contributed by atoms with E-state index >= 15 is 0 Å². The van der Waals surface area contributed by atoms with Gasteiger partial charge in [0.25, 0.3) is 0 Å². The predicted octanol–water partition coefficient (Wildman–Crippen LogP) is 3.48. The van der Waals surface area contributed by atoms with Gasteiger partial charge in [0.1, 0.15) is 14.2 Å². The topological polar surface area (TPSA) is 9.23 Å². The van der Waals surface area contributed by atoms with Crippen LogP contribution in [0.2, 0.25) is 19.6 Å². The first kappa shape index (κ1) is 13.5. The first-order chi connectivity index (χ1) is 7.33. The predicted molar refractivity (Wildman–Crippen MR) is 72.9 cm³/mol. The van der Waals surface area contributed by atoms with E-state index in [1.165, 1.54) is 0 Å². The monoisotopic (exact) mass is 236 g/mol. The zero-order valence-electron chi connectivity index (χ0n) is 11.2. The van der Waals surface area contributed by atoms with E-state index in [1.54, 1.807) is 0 Å². The van der Waals surface area contributed by atoms with Crippen molar-refractivity contribution in [3.8, 4) is 11.5 Å². The molecule has 0 aromatic carbocycles. The van der Waals surface area contributed by atoms with Crippen LogP contribution in [0.3, 0.4) is 0 Å². The molecule has 1 aliphatic rings. The highest BCUT2D eigenvalue weighted by Crippen LogP contribution is 2.31. The van der Waals surface area contributed by atoms with Crippen LogP contribution < -0.4 is 0 Å². The van der Waals surface area contributed by atoms with Crippen molar-refractivity contribution in [3.63, 3.8) is 0 Å². The Labute approximate surface area is 101 Å². The van der Waals surface area contributed by atoms with Crippen molar-refractivity contribution in [2.24, 2.45) is 11.8 Å². The molecule has 2 heteroatoms. The SMILES string of the molecule is C=C[C@H](C)[C@@H]1O[C@@H](C#C[Si](C)(C)C)C[C@@H]1C. The Hall–Kier alpha value is -0.523. The van der Waals surface area contributed by atoms with Crippen molar-refractivity contribution >= 4 is 8.07 Å². The van der Waals surface area contributed by atoms with E-state index in [9.17, 15) is 0 Å². The van der Waals surface area contributed by atoms with Crippen LogP contribution in [0.1, 0.15) is 20.3 Å². The molecule has 1 aliphatic heterocycles. The quantitative estimate of drug-likeness (QED) is 0.405. The molecule has 16 heavy (non-hydrogen) atoms. The molecule has 0 unspecified atom stereocenters. The zero-order chi connectivity index (χ0) is 12.3. The normalized spacial score (nSPS) is 31.7. The maximum absolute atomic E-state index is 6.00. The van der Waals surface area contributed by atoms with Gasteiger partial charge in [-0.3, -0.25) is 0 Å². The second kappa shape index (κ2) is 5.20. The van der Waals surface area contributed by atoms with E-state index < -0.39 is 8.07 Å². The Kier molecular flexibility index (Phi) is 4.40. The van der Waals surface area contributed by atoms with E-state index in [4.69, 9.17) is 4.74 Å². The molecule has 4 atom stereocenters. The molecule has 0 bridgehead atoms. The van der Waals surface area contributed by atoms with Gasteiger partial charge in [0.15, 0.2) is 0 Å². The fourth-order valence-electron chi connectivity index (χ4n) is 2.02. The molecule has 1 saturated heterocycles.